The summed E-state index contributed by atoms with van der Waals surface area (Å²) in [5.74, 6) is 0. The van der Waals surface area contributed by atoms with E-state index in [1.165, 1.54) is 36.9 Å². The summed E-state index contributed by atoms with van der Waals surface area (Å²) in [6.07, 6.45) is 8.28. The van der Waals surface area contributed by atoms with Gasteiger partial charge in [0.25, 0.3) is 0 Å². The van der Waals surface area contributed by atoms with E-state index in [-0.39, 0.29) is 0 Å². The minimum absolute atomic E-state index is 0.468. The lowest BCUT2D eigenvalue weighted by atomic mass is 10.0. The highest BCUT2D eigenvalue weighted by atomic mass is 15.3. The van der Waals surface area contributed by atoms with Crippen LogP contribution in [0.15, 0.2) is 6.20 Å². The summed E-state index contributed by atoms with van der Waals surface area (Å²) in [6, 6.07) is 0.468. The molecule has 1 aromatic rings. The molecule has 3 heteroatoms. The number of hydrogen-bond donors (Lipinski definition) is 1. The molecule has 0 aliphatic carbocycles. The van der Waals surface area contributed by atoms with E-state index in [2.05, 4.69) is 30.5 Å². The highest BCUT2D eigenvalue weighted by Crippen LogP contribution is 2.22. The molecule has 1 heterocycles. The van der Waals surface area contributed by atoms with Crippen molar-refractivity contribution in [2.75, 3.05) is 7.05 Å². The molecule has 0 amide bonds. The average Bonchev–Trinajstić information content (AvgIpc) is 2.66. The summed E-state index contributed by atoms with van der Waals surface area (Å²) in [5.41, 5.74) is 2.61. The molecule has 0 saturated heterocycles. The molecular formula is C13H25N3. The summed E-state index contributed by atoms with van der Waals surface area (Å²) in [7, 11) is 4.05. The highest BCUT2D eigenvalue weighted by Gasteiger charge is 2.15. The van der Waals surface area contributed by atoms with Gasteiger partial charge in [-0.1, -0.05) is 33.1 Å². The molecule has 1 aromatic heterocycles. The van der Waals surface area contributed by atoms with Gasteiger partial charge in [-0.05, 0) is 19.9 Å². The molecule has 1 N–H and O–H groups in total. The molecule has 0 aliphatic rings. The predicted octanol–water partition coefficient (Wildman–Crippen LogP) is 2.82. The van der Waals surface area contributed by atoms with E-state index in [0.717, 1.165) is 6.42 Å². The molecule has 0 aliphatic heterocycles. The van der Waals surface area contributed by atoms with Crippen molar-refractivity contribution in [3.8, 4) is 0 Å². The third-order valence-electron chi connectivity index (χ3n) is 3.09. The smallest absolute Gasteiger partial charge is 0.0669 e. The number of nitrogens with zero attached hydrogens (tertiary/aromatic N) is 2. The van der Waals surface area contributed by atoms with Gasteiger partial charge >= 0.3 is 0 Å². The molecule has 1 unspecified atom stereocenters. The number of hydrogen-bond acceptors (Lipinski definition) is 2. The van der Waals surface area contributed by atoms with Crippen LogP contribution in [0.4, 0.5) is 0 Å². The Morgan fingerprint density at radius 2 is 2.12 bits per heavy atom. The molecular weight excluding hydrogens is 198 g/mol. The molecule has 92 valence electrons. The molecule has 0 aromatic carbocycles. The van der Waals surface area contributed by atoms with Crippen molar-refractivity contribution in [3.05, 3.63) is 17.5 Å². The molecule has 3 nitrogen and oxygen atoms in total. The Balaban J connectivity index is 2.69. The second kappa shape index (κ2) is 6.69. The van der Waals surface area contributed by atoms with Crippen molar-refractivity contribution in [1.29, 1.82) is 0 Å². The third-order valence-corrected chi connectivity index (χ3v) is 3.09. The minimum Gasteiger partial charge on any atom is -0.313 e. The fraction of sp³-hybridized carbons (Fsp3) is 0.769. The first kappa shape index (κ1) is 13.2. The molecule has 0 radical (unpaired) electrons. The Kier molecular flexibility index (Phi) is 5.53. The minimum atomic E-state index is 0.468. The molecule has 16 heavy (non-hydrogen) atoms. The van der Waals surface area contributed by atoms with Crippen LogP contribution in [0.1, 0.15) is 56.8 Å². The number of unbranched alkanes of at least 4 members (excludes halogenated alkanes) is 2. The lowest BCUT2D eigenvalue weighted by molar-refractivity contribution is 0.509. The van der Waals surface area contributed by atoms with Crippen LogP contribution in [-0.2, 0) is 13.5 Å². The molecule has 1 atom stereocenters. The van der Waals surface area contributed by atoms with Crippen LogP contribution in [0.5, 0.6) is 0 Å². The van der Waals surface area contributed by atoms with E-state index < -0.39 is 0 Å². The normalized spacial score (nSPS) is 13.0. The van der Waals surface area contributed by atoms with Gasteiger partial charge in [0.1, 0.15) is 0 Å². The SMILES string of the molecule is CCCCCC(NC)c1cn(C)nc1CC. The topological polar surface area (TPSA) is 29.9 Å². The second-order valence-corrected chi connectivity index (χ2v) is 4.40. The Hall–Kier alpha value is -0.830. The van der Waals surface area contributed by atoms with Gasteiger partial charge in [0.15, 0.2) is 0 Å². The summed E-state index contributed by atoms with van der Waals surface area (Å²) >= 11 is 0. The standard InChI is InChI=1S/C13H25N3/c1-5-7-8-9-13(14-3)11-10-16(4)15-12(11)6-2/h10,13-14H,5-9H2,1-4H3. The highest BCUT2D eigenvalue weighted by molar-refractivity contribution is 5.21. The van der Waals surface area contributed by atoms with E-state index in [1.54, 1.807) is 0 Å². The predicted molar refractivity (Wildman–Crippen MR) is 68.5 cm³/mol. The van der Waals surface area contributed by atoms with Gasteiger partial charge in [0.2, 0.25) is 0 Å². The number of rotatable bonds is 7. The van der Waals surface area contributed by atoms with Crippen LogP contribution in [0.2, 0.25) is 0 Å². The van der Waals surface area contributed by atoms with Crippen molar-refractivity contribution in [2.24, 2.45) is 7.05 Å². The van der Waals surface area contributed by atoms with Crippen LogP contribution >= 0.6 is 0 Å². The van der Waals surface area contributed by atoms with Crippen LogP contribution in [-0.4, -0.2) is 16.8 Å². The monoisotopic (exact) mass is 223 g/mol. The van der Waals surface area contributed by atoms with Crippen LogP contribution < -0.4 is 5.32 Å². The van der Waals surface area contributed by atoms with Gasteiger partial charge in [0.05, 0.1) is 5.69 Å². The van der Waals surface area contributed by atoms with Crippen molar-refractivity contribution in [1.82, 2.24) is 15.1 Å². The molecule has 0 fully saturated rings. The fourth-order valence-electron chi connectivity index (χ4n) is 2.17. The van der Waals surface area contributed by atoms with Crippen molar-refractivity contribution in [2.45, 2.75) is 52.0 Å². The zero-order valence-corrected chi connectivity index (χ0v) is 11.1. The molecule has 0 bridgehead atoms. The van der Waals surface area contributed by atoms with Gasteiger partial charge in [0, 0.05) is 24.8 Å². The van der Waals surface area contributed by atoms with Crippen molar-refractivity contribution in [3.63, 3.8) is 0 Å². The van der Waals surface area contributed by atoms with Gasteiger partial charge in [-0.2, -0.15) is 5.10 Å². The zero-order valence-electron chi connectivity index (χ0n) is 11.1. The second-order valence-electron chi connectivity index (χ2n) is 4.40. The third kappa shape index (κ3) is 3.34. The van der Waals surface area contributed by atoms with Crippen molar-refractivity contribution < 1.29 is 0 Å². The first-order valence-electron chi connectivity index (χ1n) is 6.42. The van der Waals surface area contributed by atoms with Gasteiger partial charge < -0.3 is 5.32 Å². The lowest BCUT2D eigenvalue weighted by Crippen LogP contribution is -2.17. The first-order chi connectivity index (χ1) is 7.72. The number of aryl methyl sites for hydroxylation is 2. The van der Waals surface area contributed by atoms with Crippen LogP contribution in [0, 0.1) is 0 Å². The summed E-state index contributed by atoms with van der Waals surface area (Å²) in [4.78, 5) is 0. The van der Waals surface area contributed by atoms with E-state index in [1.807, 2.05) is 18.8 Å². The molecule has 0 saturated carbocycles. The maximum Gasteiger partial charge on any atom is 0.0669 e. The van der Waals surface area contributed by atoms with Crippen LogP contribution in [0.3, 0.4) is 0 Å². The summed E-state index contributed by atoms with van der Waals surface area (Å²) < 4.78 is 1.93. The Bertz CT molecular complexity index is 304. The summed E-state index contributed by atoms with van der Waals surface area (Å²) in [6.45, 7) is 4.42. The van der Waals surface area contributed by atoms with E-state index in [0.29, 0.717) is 6.04 Å². The van der Waals surface area contributed by atoms with Gasteiger partial charge in [-0.3, -0.25) is 4.68 Å². The zero-order chi connectivity index (χ0) is 12.0. The molecule has 0 spiro atoms. The Labute approximate surface area is 99.2 Å². The Morgan fingerprint density at radius 1 is 1.38 bits per heavy atom. The molecule has 1 rings (SSSR count). The van der Waals surface area contributed by atoms with Crippen molar-refractivity contribution >= 4 is 0 Å². The first-order valence-corrected chi connectivity index (χ1v) is 6.42. The summed E-state index contributed by atoms with van der Waals surface area (Å²) in [5, 5.41) is 7.91. The van der Waals surface area contributed by atoms with E-state index >= 15 is 0 Å². The average molecular weight is 223 g/mol. The number of nitrogens with one attached hydrogen (secondary N) is 1. The van der Waals surface area contributed by atoms with Gasteiger partial charge in [-0.25, -0.2) is 0 Å². The number of aromatic nitrogens is 2. The maximum absolute atomic E-state index is 4.50. The largest absolute Gasteiger partial charge is 0.313 e. The van der Waals surface area contributed by atoms with E-state index in [9.17, 15) is 0 Å². The van der Waals surface area contributed by atoms with E-state index in [4.69, 9.17) is 0 Å². The quantitative estimate of drug-likeness (QED) is 0.720. The maximum atomic E-state index is 4.50. The Morgan fingerprint density at radius 3 is 2.69 bits per heavy atom. The van der Waals surface area contributed by atoms with Gasteiger partial charge in [-0.15, -0.1) is 0 Å². The lowest BCUT2D eigenvalue weighted by Gasteiger charge is -2.15. The fourth-order valence-corrected chi connectivity index (χ4v) is 2.17. The van der Waals surface area contributed by atoms with Crippen LogP contribution in [0.25, 0.3) is 0 Å².